The Morgan fingerprint density at radius 1 is 1.21 bits per heavy atom. The van der Waals surface area contributed by atoms with Crippen LogP contribution in [0.5, 0.6) is 0 Å². The molecule has 0 aliphatic carbocycles. The van der Waals surface area contributed by atoms with Crippen molar-refractivity contribution < 1.29 is 9.21 Å². The van der Waals surface area contributed by atoms with Gasteiger partial charge in [-0.25, -0.2) is 4.98 Å². The molecule has 24 heavy (non-hydrogen) atoms. The lowest BCUT2D eigenvalue weighted by atomic mass is 10.1. The minimum atomic E-state index is -0.0196. The molecule has 1 aromatic heterocycles. The van der Waals surface area contributed by atoms with Gasteiger partial charge in [0.05, 0.1) is 10.6 Å². The standard InChI is InChI=1S/C18H16Cl2N2O2/c1-10(2)7-17(23)21-12-4-6-16-15(9-12)22-18(24-16)13-5-3-11(19)8-14(13)20/h3-6,8-10H,7H2,1-2H3,(H,21,23). The first kappa shape index (κ1) is 16.8. The Labute approximate surface area is 149 Å². The van der Waals surface area contributed by atoms with Gasteiger partial charge in [-0.05, 0) is 42.3 Å². The summed E-state index contributed by atoms with van der Waals surface area (Å²) in [6.07, 6.45) is 0.475. The van der Waals surface area contributed by atoms with Gasteiger partial charge in [0.25, 0.3) is 0 Å². The van der Waals surface area contributed by atoms with Gasteiger partial charge in [-0.1, -0.05) is 37.0 Å². The van der Waals surface area contributed by atoms with Crippen molar-refractivity contribution in [3.8, 4) is 11.5 Å². The van der Waals surface area contributed by atoms with Gasteiger partial charge in [-0.3, -0.25) is 4.79 Å². The van der Waals surface area contributed by atoms with Crippen molar-refractivity contribution >= 4 is 45.9 Å². The summed E-state index contributed by atoms with van der Waals surface area (Å²) in [6, 6.07) is 10.5. The smallest absolute Gasteiger partial charge is 0.228 e. The van der Waals surface area contributed by atoms with Gasteiger partial charge in [0.1, 0.15) is 5.52 Å². The molecule has 0 spiro atoms. The van der Waals surface area contributed by atoms with Crippen LogP contribution in [-0.2, 0) is 4.79 Å². The molecule has 0 fully saturated rings. The lowest BCUT2D eigenvalue weighted by Gasteiger charge is -2.06. The summed E-state index contributed by atoms with van der Waals surface area (Å²) >= 11 is 12.1. The largest absolute Gasteiger partial charge is 0.436 e. The molecule has 4 nitrogen and oxygen atoms in total. The molecule has 3 aromatic rings. The van der Waals surface area contributed by atoms with Crippen LogP contribution >= 0.6 is 23.2 Å². The van der Waals surface area contributed by atoms with Gasteiger partial charge in [0.2, 0.25) is 11.8 Å². The molecule has 0 saturated carbocycles. The van der Waals surface area contributed by atoms with Crippen molar-refractivity contribution in [3.63, 3.8) is 0 Å². The Hall–Kier alpha value is -2.04. The second kappa shape index (κ2) is 6.83. The average Bonchev–Trinajstić information content (AvgIpc) is 2.88. The van der Waals surface area contributed by atoms with E-state index in [9.17, 15) is 4.79 Å². The lowest BCUT2D eigenvalue weighted by Crippen LogP contribution is -2.13. The number of fused-ring (bicyclic) bond motifs is 1. The molecule has 0 aliphatic heterocycles. The normalized spacial score (nSPS) is 11.2. The Kier molecular flexibility index (Phi) is 4.78. The molecule has 1 amide bonds. The fourth-order valence-corrected chi connectivity index (χ4v) is 2.86. The minimum Gasteiger partial charge on any atom is -0.436 e. The Bertz CT molecular complexity index is 903. The summed E-state index contributed by atoms with van der Waals surface area (Å²) < 4.78 is 5.75. The Balaban J connectivity index is 1.90. The van der Waals surface area contributed by atoms with Gasteiger partial charge in [0, 0.05) is 17.1 Å². The number of hydrogen-bond acceptors (Lipinski definition) is 3. The Morgan fingerprint density at radius 2 is 2.00 bits per heavy atom. The average molecular weight is 363 g/mol. The first-order valence-electron chi connectivity index (χ1n) is 7.58. The number of amides is 1. The van der Waals surface area contributed by atoms with Crippen molar-refractivity contribution in [2.75, 3.05) is 5.32 Å². The number of oxazole rings is 1. The predicted molar refractivity (Wildman–Crippen MR) is 97.5 cm³/mol. The van der Waals surface area contributed by atoms with Crippen molar-refractivity contribution in [1.29, 1.82) is 0 Å². The maximum Gasteiger partial charge on any atom is 0.228 e. The maximum absolute atomic E-state index is 11.9. The van der Waals surface area contributed by atoms with Crippen LogP contribution in [0.2, 0.25) is 10.0 Å². The second-order valence-electron chi connectivity index (χ2n) is 5.97. The van der Waals surface area contributed by atoms with Crippen molar-refractivity contribution in [2.24, 2.45) is 5.92 Å². The van der Waals surface area contributed by atoms with E-state index in [4.69, 9.17) is 27.6 Å². The van der Waals surface area contributed by atoms with E-state index >= 15 is 0 Å². The summed E-state index contributed by atoms with van der Waals surface area (Å²) in [5.41, 5.74) is 2.63. The van der Waals surface area contributed by atoms with Gasteiger partial charge < -0.3 is 9.73 Å². The first-order valence-corrected chi connectivity index (χ1v) is 8.34. The molecule has 0 radical (unpaired) electrons. The molecule has 0 aliphatic rings. The minimum absolute atomic E-state index is 0.0196. The third-order valence-electron chi connectivity index (χ3n) is 3.43. The number of aromatic nitrogens is 1. The lowest BCUT2D eigenvalue weighted by molar-refractivity contribution is -0.116. The van der Waals surface area contributed by atoms with E-state index in [1.165, 1.54) is 0 Å². The van der Waals surface area contributed by atoms with Crippen molar-refractivity contribution in [3.05, 3.63) is 46.4 Å². The van der Waals surface area contributed by atoms with Crippen molar-refractivity contribution in [2.45, 2.75) is 20.3 Å². The summed E-state index contributed by atoms with van der Waals surface area (Å²) in [4.78, 5) is 16.3. The van der Waals surface area contributed by atoms with E-state index in [0.29, 0.717) is 50.6 Å². The van der Waals surface area contributed by atoms with Gasteiger partial charge in [-0.2, -0.15) is 0 Å². The van der Waals surface area contributed by atoms with E-state index < -0.39 is 0 Å². The van der Waals surface area contributed by atoms with Gasteiger partial charge in [-0.15, -0.1) is 0 Å². The quantitative estimate of drug-likeness (QED) is 0.639. The SMILES string of the molecule is CC(C)CC(=O)Nc1ccc2oc(-c3ccc(Cl)cc3Cl)nc2c1. The van der Waals surface area contributed by atoms with Gasteiger partial charge in [0.15, 0.2) is 5.58 Å². The molecule has 3 rings (SSSR count). The molecule has 0 saturated heterocycles. The maximum atomic E-state index is 11.9. The number of nitrogens with one attached hydrogen (secondary N) is 1. The molecule has 2 aromatic carbocycles. The summed E-state index contributed by atoms with van der Waals surface area (Å²) in [5.74, 6) is 0.700. The van der Waals surface area contributed by atoms with E-state index in [0.717, 1.165) is 0 Å². The highest BCUT2D eigenvalue weighted by atomic mass is 35.5. The topological polar surface area (TPSA) is 55.1 Å². The molecule has 0 unspecified atom stereocenters. The zero-order valence-corrected chi connectivity index (χ0v) is 14.8. The van der Waals surface area contributed by atoms with Crippen LogP contribution in [0.15, 0.2) is 40.8 Å². The highest BCUT2D eigenvalue weighted by Crippen LogP contribution is 2.32. The van der Waals surface area contributed by atoms with Crippen LogP contribution in [0.1, 0.15) is 20.3 Å². The van der Waals surface area contributed by atoms with Crippen LogP contribution in [0.4, 0.5) is 5.69 Å². The summed E-state index contributed by atoms with van der Waals surface area (Å²) in [5, 5.41) is 3.89. The predicted octanol–water partition coefficient (Wildman–Crippen LogP) is 5.79. The van der Waals surface area contributed by atoms with Crippen LogP contribution in [0.3, 0.4) is 0 Å². The number of anilines is 1. The number of rotatable bonds is 4. The molecular formula is C18H16Cl2N2O2. The highest BCUT2D eigenvalue weighted by Gasteiger charge is 2.13. The second-order valence-corrected chi connectivity index (χ2v) is 6.82. The molecule has 0 atom stereocenters. The molecule has 1 N–H and O–H groups in total. The molecular weight excluding hydrogens is 347 g/mol. The molecule has 124 valence electrons. The van der Waals surface area contributed by atoms with E-state index in [1.807, 2.05) is 13.8 Å². The number of benzene rings is 2. The number of halogens is 2. The number of carbonyl (C=O) groups excluding carboxylic acids is 1. The van der Waals surface area contributed by atoms with Crippen molar-refractivity contribution in [1.82, 2.24) is 4.98 Å². The Morgan fingerprint density at radius 3 is 2.71 bits per heavy atom. The first-order chi connectivity index (χ1) is 11.4. The van der Waals surface area contributed by atoms with Crippen LogP contribution in [-0.4, -0.2) is 10.9 Å². The number of hydrogen-bond donors (Lipinski definition) is 1. The third-order valence-corrected chi connectivity index (χ3v) is 3.97. The molecule has 1 heterocycles. The van der Waals surface area contributed by atoms with Gasteiger partial charge >= 0.3 is 0 Å². The summed E-state index contributed by atoms with van der Waals surface area (Å²) in [6.45, 7) is 4.01. The fraction of sp³-hybridized carbons (Fsp3) is 0.222. The zero-order chi connectivity index (χ0) is 17.3. The van der Waals surface area contributed by atoms with E-state index in [2.05, 4.69) is 10.3 Å². The number of carbonyl (C=O) groups is 1. The van der Waals surface area contributed by atoms with E-state index in [1.54, 1.807) is 36.4 Å². The highest BCUT2D eigenvalue weighted by molar-refractivity contribution is 6.36. The third kappa shape index (κ3) is 3.71. The molecule has 0 bridgehead atoms. The zero-order valence-electron chi connectivity index (χ0n) is 13.3. The van der Waals surface area contributed by atoms with E-state index in [-0.39, 0.29) is 5.91 Å². The summed E-state index contributed by atoms with van der Waals surface area (Å²) in [7, 11) is 0. The van der Waals surface area contributed by atoms with Crippen LogP contribution < -0.4 is 5.32 Å². The fourth-order valence-electron chi connectivity index (χ4n) is 2.37. The monoisotopic (exact) mass is 362 g/mol. The van der Waals surface area contributed by atoms with Crippen LogP contribution in [0, 0.1) is 5.92 Å². The van der Waals surface area contributed by atoms with Crippen LogP contribution in [0.25, 0.3) is 22.6 Å². The molecule has 6 heteroatoms. The number of nitrogens with zero attached hydrogens (tertiary/aromatic N) is 1.